The molecule has 0 heterocycles. The molecule has 0 fully saturated rings. The van der Waals surface area contributed by atoms with Crippen LogP contribution in [0, 0.1) is 0 Å². The zero-order chi connectivity index (χ0) is 10.3. The first-order valence-corrected chi connectivity index (χ1v) is 4.38. The summed E-state index contributed by atoms with van der Waals surface area (Å²) >= 11 is 0. The zero-order valence-corrected chi connectivity index (χ0v) is 7.73. The van der Waals surface area contributed by atoms with Gasteiger partial charge >= 0.3 is 6.18 Å². The summed E-state index contributed by atoms with van der Waals surface area (Å²) in [6, 6.07) is 0. The molecule has 0 aromatic heterocycles. The van der Waals surface area contributed by atoms with Gasteiger partial charge in [0, 0.05) is 19.6 Å². The summed E-state index contributed by atoms with van der Waals surface area (Å²) in [5.74, 6) is 0. The third kappa shape index (κ3) is 8.05. The van der Waals surface area contributed by atoms with Gasteiger partial charge < -0.3 is 10.5 Å². The average molecular weight is 199 g/mol. The van der Waals surface area contributed by atoms with Crippen LogP contribution < -0.4 is 5.73 Å². The van der Waals surface area contributed by atoms with Gasteiger partial charge in [-0.05, 0) is 12.8 Å². The second-order valence-corrected chi connectivity index (χ2v) is 2.86. The summed E-state index contributed by atoms with van der Waals surface area (Å²) in [7, 11) is 0. The van der Waals surface area contributed by atoms with Crippen molar-refractivity contribution in [1.82, 2.24) is 0 Å². The topological polar surface area (TPSA) is 35.2 Å². The Labute approximate surface area is 76.2 Å². The lowest BCUT2D eigenvalue weighted by Gasteiger charge is -2.13. The van der Waals surface area contributed by atoms with Crippen molar-refractivity contribution in [3.63, 3.8) is 0 Å². The molecule has 0 aliphatic rings. The van der Waals surface area contributed by atoms with E-state index in [-0.39, 0.29) is 19.1 Å². The lowest BCUT2D eigenvalue weighted by molar-refractivity contribution is -0.138. The summed E-state index contributed by atoms with van der Waals surface area (Å²) in [6.07, 6.45) is -4.21. The Hall–Kier alpha value is -0.290. The molecule has 13 heavy (non-hydrogen) atoms. The Bertz CT molecular complexity index is 123. The lowest BCUT2D eigenvalue weighted by atomic mass is 10.2. The molecule has 1 atom stereocenters. The van der Waals surface area contributed by atoms with Crippen LogP contribution in [-0.4, -0.2) is 25.4 Å². The molecule has 0 aliphatic heterocycles. The number of hydrogen-bond donors (Lipinski definition) is 1. The second-order valence-electron chi connectivity index (χ2n) is 2.86. The molecular weight excluding hydrogens is 183 g/mol. The number of hydrogen-bond acceptors (Lipinski definition) is 2. The minimum absolute atomic E-state index is 0.0139. The fourth-order valence-electron chi connectivity index (χ4n) is 0.875. The molecule has 0 saturated heterocycles. The van der Waals surface area contributed by atoms with E-state index in [9.17, 15) is 13.2 Å². The minimum atomic E-state index is -4.08. The van der Waals surface area contributed by atoms with Crippen LogP contribution in [0.25, 0.3) is 0 Å². The number of ether oxygens (including phenoxy) is 1. The highest BCUT2D eigenvalue weighted by Crippen LogP contribution is 2.21. The van der Waals surface area contributed by atoms with Gasteiger partial charge in [0.05, 0.1) is 6.10 Å². The van der Waals surface area contributed by atoms with Crippen LogP contribution in [-0.2, 0) is 4.74 Å². The number of nitrogens with two attached hydrogens (primary N) is 1. The predicted molar refractivity (Wildman–Crippen MR) is 44.4 cm³/mol. The Kier molecular flexibility index (Phi) is 6.07. The largest absolute Gasteiger partial charge is 0.389 e. The smallest absolute Gasteiger partial charge is 0.377 e. The van der Waals surface area contributed by atoms with Crippen molar-refractivity contribution in [2.75, 3.05) is 13.2 Å². The van der Waals surface area contributed by atoms with Crippen LogP contribution in [0.2, 0.25) is 0 Å². The number of alkyl halides is 3. The van der Waals surface area contributed by atoms with E-state index in [2.05, 4.69) is 0 Å². The second kappa shape index (κ2) is 6.21. The van der Waals surface area contributed by atoms with Crippen molar-refractivity contribution in [1.29, 1.82) is 0 Å². The summed E-state index contributed by atoms with van der Waals surface area (Å²) in [5.41, 5.74) is 5.30. The van der Waals surface area contributed by atoms with Gasteiger partial charge in [0.1, 0.15) is 0 Å². The summed E-state index contributed by atoms with van der Waals surface area (Å²) in [4.78, 5) is 0. The van der Waals surface area contributed by atoms with Gasteiger partial charge in [0.25, 0.3) is 0 Å². The zero-order valence-electron chi connectivity index (χ0n) is 7.73. The van der Waals surface area contributed by atoms with Crippen molar-refractivity contribution in [2.45, 2.75) is 38.5 Å². The Morgan fingerprint density at radius 1 is 1.38 bits per heavy atom. The van der Waals surface area contributed by atoms with Gasteiger partial charge in [0.15, 0.2) is 0 Å². The molecule has 0 aliphatic carbocycles. The molecule has 2 nitrogen and oxygen atoms in total. The SMILES string of the molecule is CCC(CN)OCCCC(F)(F)F. The standard InChI is InChI=1S/C8H16F3NO/c1-2-7(6-12)13-5-3-4-8(9,10)11/h7H,2-6,12H2,1H3. The number of halogens is 3. The highest BCUT2D eigenvalue weighted by molar-refractivity contribution is 4.56. The Morgan fingerprint density at radius 2 is 2.00 bits per heavy atom. The molecule has 0 radical (unpaired) electrons. The molecule has 0 amide bonds. The fourth-order valence-corrected chi connectivity index (χ4v) is 0.875. The van der Waals surface area contributed by atoms with E-state index in [0.29, 0.717) is 6.54 Å². The van der Waals surface area contributed by atoms with Crippen LogP contribution in [0.5, 0.6) is 0 Å². The Morgan fingerprint density at radius 3 is 2.38 bits per heavy atom. The lowest BCUT2D eigenvalue weighted by Crippen LogP contribution is -2.23. The van der Waals surface area contributed by atoms with E-state index in [4.69, 9.17) is 10.5 Å². The van der Waals surface area contributed by atoms with Gasteiger partial charge in [0.2, 0.25) is 0 Å². The van der Waals surface area contributed by atoms with Crippen LogP contribution in [0.15, 0.2) is 0 Å². The molecule has 0 saturated carbocycles. The first kappa shape index (κ1) is 12.7. The minimum Gasteiger partial charge on any atom is -0.377 e. The number of rotatable bonds is 6. The van der Waals surface area contributed by atoms with E-state index >= 15 is 0 Å². The van der Waals surface area contributed by atoms with Gasteiger partial charge in [-0.25, -0.2) is 0 Å². The van der Waals surface area contributed by atoms with E-state index in [1.54, 1.807) is 0 Å². The van der Waals surface area contributed by atoms with Crippen molar-refractivity contribution < 1.29 is 17.9 Å². The molecule has 1 unspecified atom stereocenters. The van der Waals surface area contributed by atoms with Crippen molar-refractivity contribution in [2.24, 2.45) is 5.73 Å². The normalized spacial score (nSPS) is 14.5. The fraction of sp³-hybridized carbons (Fsp3) is 1.00. The molecule has 0 aromatic rings. The quantitative estimate of drug-likeness (QED) is 0.665. The molecular formula is C8H16F3NO. The molecule has 80 valence electrons. The monoisotopic (exact) mass is 199 g/mol. The van der Waals surface area contributed by atoms with Crippen LogP contribution in [0.3, 0.4) is 0 Å². The molecule has 5 heteroatoms. The summed E-state index contributed by atoms with van der Waals surface area (Å²) in [5, 5.41) is 0. The third-order valence-corrected chi connectivity index (χ3v) is 1.68. The maximum atomic E-state index is 11.7. The highest BCUT2D eigenvalue weighted by atomic mass is 19.4. The van der Waals surface area contributed by atoms with Gasteiger partial charge in [-0.15, -0.1) is 0 Å². The highest BCUT2D eigenvalue weighted by Gasteiger charge is 2.26. The van der Waals surface area contributed by atoms with E-state index in [1.165, 1.54) is 0 Å². The predicted octanol–water partition coefficient (Wildman–Crippen LogP) is 2.08. The van der Waals surface area contributed by atoms with Crippen molar-refractivity contribution >= 4 is 0 Å². The average Bonchev–Trinajstić information content (AvgIpc) is 2.03. The summed E-state index contributed by atoms with van der Waals surface area (Å²) in [6.45, 7) is 2.39. The molecule has 2 N–H and O–H groups in total. The molecule has 0 spiro atoms. The van der Waals surface area contributed by atoms with Crippen molar-refractivity contribution in [3.05, 3.63) is 0 Å². The van der Waals surface area contributed by atoms with Gasteiger partial charge in [-0.2, -0.15) is 13.2 Å². The maximum absolute atomic E-state index is 11.7. The van der Waals surface area contributed by atoms with Crippen LogP contribution in [0.1, 0.15) is 26.2 Å². The van der Waals surface area contributed by atoms with E-state index in [0.717, 1.165) is 6.42 Å². The molecule has 0 rings (SSSR count). The van der Waals surface area contributed by atoms with E-state index < -0.39 is 12.6 Å². The van der Waals surface area contributed by atoms with Crippen LogP contribution >= 0.6 is 0 Å². The third-order valence-electron chi connectivity index (χ3n) is 1.68. The van der Waals surface area contributed by atoms with E-state index in [1.807, 2.05) is 6.92 Å². The maximum Gasteiger partial charge on any atom is 0.389 e. The van der Waals surface area contributed by atoms with Crippen molar-refractivity contribution in [3.8, 4) is 0 Å². The molecule has 0 aromatic carbocycles. The Balaban J connectivity index is 3.34. The van der Waals surface area contributed by atoms with Crippen LogP contribution in [0.4, 0.5) is 13.2 Å². The summed E-state index contributed by atoms with van der Waals surface area (Å²) < 4.78 is 40.1. The van der Waals surface area contributed by atoms with Gasteiger partial charge in [-0.1, -0.05) is 6.92 Å². The first-order valence-electron chi connectivity index (χ1n) is 4.38. The first-order chi connectivity index (χ1) is 5.99. The van der Waals surface area contributed by atoms with Gasteiger partial charge in [-0.3, -0.25) is 0 Å². The molecule has 0 bridgehead atoms.